The van der Waals surface area contributed by atoms with E-state index >= 15 is 0 Å². The molecule has 0 bridgehead atoms. The minimum absolute atomic E-state index is 0.0787. The normalized spacial score (nSPS) is 24.1. The molecule has 1 heterocycles. The average Bonchev–Trinajstić information content (AvgIpc) is 2.49. The molecular formula is C17H27ClN2O. The Morgan fingerprint density at radius 2 is 2.24 bits per heavy atom. The second-order valence-corrected chi connectivity index (χ2v) is 6.70. The zero-order chi connectivity index (χ0) is 15.5. The summed E-state index contributed by atoms with van der Waals surface area (Å²) in [6.45, 7) is 6.25. The highest BCUT2D eigenvalue weighted by Crippen LogP contribution is 2.33. The Kier molecular flexibility index (Phi) is 5.53. The van der Waals surface area contributed by atoms with Crippen LogP contribution in [0.3, 0.4) is 0 Å². The van der Waals surface area contributed by atoms with E-state index in [1.54, 1.807) is 7.11 Å². The molecule has 0 aromatic heterocycles. The summed E-state index contributed by atoms with van der Waals surface area (Å²) < 4.78 is 5.70. The smallest absolute Gasteiger partial charge is 0.0825 e. The molecule has 1 aliphatic rings. The van der Waals surface area contributed by atoms with Crippen molar-refractivity contribution in [3.05, 3.63) is 28.8 Å². The largest absolute Gasteiger partial charge is 0.377 e. The van der Waals surface area contributed by atoms with Gasteiger partial charge in [-0.2, -0.15) is 0 Å². The maximum absolute atomic E-state index is 6.44. The molecule has 2 atom stereocenters. The number of nitrogens with zero attached hydrogens (tertiary/aromatic N) is 1. The third kappa shape index (κ3) is 3.91. The van der Waals surface area contributed by atoms with Gasteiger partial charge in [-0.3, -0.25) is 0 Å². The number of ether oxygens (including phenoxy) is 1. The van der Waals surface area contributed by atoms with Crippen molar-refractivity contribution in [3.63, 3.8) is 0 Å². The van der Waals surface area contributed by atoms with Crippen molar-refractivity contribution >= 4 is 17.3 Å². The number of rotatable bonds is 5. The van der Waals surface area contributed by atoms with Crippen LogP contribution >= 0.6 is 11.6 Å². The lowest BCUT2D eigenvalue weighted by atomic mass is 9.93. The molecule has 1 aromatic rings. The minimum Gasteiger partial charge on any atom is -0.377 e. The van der Waals surface area contributed by atoms with E-state index in [0.717, 1.165) is 43.8 Å². The first-order chi connectivity index (χ1) is 9.99. The standard InChI is InChI=1S/C17H27ClN2O/c1-4-13(19)11-14-15(18)7-5-8-16(14)20-10-6-9-17(2,12-20)21-3/h5,7-8,13H,4,6,9-12,19H2,1-3H3. The van der Waals surface area contributed by atoms with Gasteiger partial charge in [-0.05, 0) is 50.3 Å². The highest BCUT2D eigenvalue weighted by atomic mass is 35.5. The molecule has 1 aliphatic heterocycles. The van der Waals surface area contributed by atoms with Crippen molar-refractivity contribution < 1.29 is 4.74 Å². The third-order valence-corrected chi connectivity index (χ3v) is 4.93. The Labute approximate surface area is 133 Å². The van der Waals surface area contributed by atoms with E-state index in [9.17, 15) is 0 Å². The zero-order valence-electron chi connectivity index (χ0n) is 13.4. The van der Waals surface area contributed by atoms with E-state index in [1.807, 2.05) is 12.1 Å². The lowest BCUT2D eigenvalue weighted by Crippen LogP contribution is -2.47. The van der Waals surface area contributed by atoms with E-state index in [0.29, 0.717) is 0 Å². The molecule has 2 N–H and O–H groups in total. The molecule has 118 valence electrons. The number of methoxy groups -OCH3 is 1. The summed E-state index contributed by atoms with van der Waals surface area (Å²) in [5.74, 6) is 0. The van der Waals surface area contributed by atoms with Gasteiger partial charge in [-0.1, -0.05) is 24.6 Å². The van der Waals surface area contributed by atoms with Gasteiger partial charge in [0.05, 0.1) is 5.60 Å². The number of hydrogen-bond donors (Lipinski definition) is 1. The lowest BCUT2D eigenvalue weighted by molar-refractivity contribution is -0.00468. The minimum atomic E-state index is -0.0787. The van der Waals surface area contributed by atoms with Crippen LogP contribution < -0.4 is 10.6 Å². The SMILES string of the molecule is CCC(N)Cc1c(Cl)cccc1N1CCCC(C)(OC)C1. The molecule has 3 nitrogen and oxygen atoms in total. The number of hydrogen-bond acceptors (Lipinski definition) is 3. The number of benzene rings is 1. The fourth-order valence-corrected chi connectivity index (χ4v) is 3.28. The van der Waals surface area contributed by atoms with Crippen molar-refractivity contribution in [1.82, 2.24) is 0 Å². The van der Waals surface area contributed by atoms with Crippen LogP contribution in [0.5, 0.6) is 0 Å². The first-order valence-corrected chi connectivity index (χ1v) is 8.20. The maximum Gasteiger partial charge on any atom is 0.0825 e. The van der Waals surface area contributed by atoms with Gasteiger partial charge in [0.2, 0.25) is 0 Å². The lowest BCUT2D eigenvalue weighted by Gasteiger charge is -2.41. The van der Waals surface area contributed by atoms with Gasteiger partial charge >= 0.3 is 0 Å². The summed E-state index contributed by atoms with van der Waals surface area (Å²) >= 11 is 6.44. The number of halogens is 1. The Hall–Kier alpha value is -0.770. The van der Waals surface area contributed by atoms with Crippen molar-refractivity contribution in [3.8, 4) is 0 Å². The molecule has 1 saturated heterocycles. The topological polar surface area (TPSA) is 38.5 Å². The van der Waals surface area contributed by atoms with Crippen LogP contribution in [0.2, 0.25) is 5.02 Å². The molecule has 1 fully saturated rings. The Morgan fingerprint density at radius 1 is 1.48 bits per heavy atom. The summed E-state index contributed by atoms with van der Waals surface area (Å²) in [5, 5.41) is 0.820. The molecular weight excluding hydrogens is 284 g/mol. The molecule has 21 heavy (non-hydrogen) atoms. The molecule has 2 rings (SSSR count). The number of anilines is 1. The molecule has 0 aliphatic carbocycles. The van der Waals surface area contributed by atoms with Crippen molar-refractivity contribution in [2.45, 2.75) is 51.2 Å². The summed E-state index contributed by atoms with van der Waals surface area (Å²) in [7, 11) is 1.80. The van der Waals surface area contributed by atoms with Gasteiger partial charge < -0.3 is 15.4 Å². The molecule has 0 spiro atoms. The molecule has 1 aromatic carbocycles. The van der Waals surface area contributed by atoms with E-state index in [1.165, 1.54) is 11.3 Å². The van der Waals surface area contributed by atoms with Gasteiger partial charge in [0, 0.05) is 37.0 Å². The van der Waals surface area contributed by atoms with Crippen LogP contribution in [0, 0.1) is 0 Å². The highest BCUT2D eigenvalue weighted by molar-refractivity contribution is 6.31. The van der Waals surface area contributed by atoms with Crippen LogP contribution in [0.25, 0.3) is 0 Å². The Balaban J connectivity index is 2.28. The predicted molar refractivity (Wildman–Crippen MR) is 90.3 cm³/mol. The zero-order valence-corrected chi connectivity index (χ0v) is 14.1. The average molecular weight is 311 g/mol. The van der Waals surface area contributed by atoms with Crippen LogP contribution in [-0.2, 0) is 11.2 Å². The predicted octanol–water partition coefficient (Wildman–Crippen LogP) is 3.63. The highest BCUT2D eigenvalue weighted by Gasteiger charge is 2.31. The quantitative estimate of drug-likeness (QED) is 0.902. The number of nitrogens with two attached hydrogens (primary N) is 1. The van der Waals surface area contributed by atoms with Crippen LogP contribution in [0.4, 0.5) is 5.69 Å². The molecule has 0 amide bonds. The molecule has 0 radical (unpaired) electrons. The van der Waals surface area contributed by atoms with Gasteiger partial charge in [0.15, 0.2) is 0 Å². The van der Waals surface area contributed by atoms with Gasteiger partial charge in [0.25, 0.3) is 0 Å². The van der Waals surface area contributed by atoms with Crippen molar-refractivity contribution in [1.29, 1.82) is 0 Å². The molecule has 4 heteroatoms. The van der Waals surface area contributed by atoms with Crippen LogP contribution in [0.1, 0.15) is 38.7 Å². The second kappa shape index (κ2) is 6.99. The fourth-order valence-electron chi connectivity index (χ4n) is 3.03. The van der Waals surface area contributed by atoms with E-state index in [2.05, 4.69) is 24.8 Å². The maximum atomic E-state index is 6.44. The Morgan fingerprint density at radius 3 is 2.90 bits per heavy atom. The second-order valence-electron chi connectivity index (χ2n) is 6.29. The monoisotopic (exact) mass is 310 g/mol. The van der Waals surface area contributed by atoms with Gasteiger partial charge in [-0.15, -0.1) is 0 Å². The van der Waals surface area contributed by atoms with Crippen LogP contribution in [0.15, 0.2) is 18.2 Å². The fraction of sp³-hybridized carbons (Fsp3) is 0.647. The molecule has 2 unspecified atom stereocenters. The van der Waals surface area contributed by atoms with Gasteiger partial charge in [-0.25, -0.2) is 0 Å². The van der Waals surface area contributed by atoms with Crippen molar-refractivity contribution in [2.75, 3.05) is 25.1 Å². The molecule has 0 saturated carbocycles. The summed E-state index contributed by atoms with van der Waals surface area (Å²) in [6, 6.07) is 6.30. The van der Waals surface area contributed by atoms with Crippen molar-refractivity contribution in [2.24, 2.45) is 5.73 Å². The Bertz CT molecular complexity index is 480. The summed E-state index contributed by atoms with van der Waals surface area (Å²) in [5.41, 5.74) is 8.46. The number of piperidine rings is 1. The van der Waals surface area contributed by atoms with Crippen LogP contribution in [-0.4, -0.2) is 31.8 Å². The summed E-state index contributed by atoms with van der Waals surface area (Å²) in [6.07, 6.45) is 4.02. The van der Waals surface area contributed by atoms with E-state index in [-0.39, 0.29) is 11.6 Å². The third-order valence-electron chi connectivity index (χ3n) is 4.58. The van der Waals surface area contributed by atoms with Gasteiger partial charge in [0.1, 0.15) is 0 Å². The first kappa shape index (κ1) is 16.6. The first-order valence-electron chi connectivity index (χ1n) is 7.82. The van der Waals surface area contributed by atoms with E-state index in [4.69, 9.17) is 22.1 Å². The van der Waals surface area contributed by atoms with E-state index < -0.39 is 0 Å². The summed E-state index contributed by atoms with van der Waals surface area (Å²) in [4.78, 5) is 2.40.